The monoisotopic (exact) mass is 192 g/mol. The van der Waals surface area contributed by atoms with Crippen molar-refractivity contribution >= 4 is 15.9 Å². The van der Waals surface area contributed by atoms with E-state index in [1.165, 1.54) is 25.7 Å². The third kappa shape index (κ3) is 6.10. The Hall–Kier alpha value is 0.220. The Labute approximate surface area is 66.5 Å². The Bertz CT molecular complexity index is 69.0. The summed E-state index contributed by atoms with van der Waals surface area (Å²) < 4.78 is 0. The van der Waals surface area contributed by atoms with Gasteiger partial charge in [0.2, 0.25) is 0 Å². The molecule has 54 valence electrons. The van der Waals surface area contributed by atoms with Crippen LogP contribution in [0.5, 0.6) is 0 Å². The average molecular weight is 193 g/mol. The molecule has 0 radical (unpaired) electrons. The minimum absolute atomic E-state index is 0.532. The van der Waals surface area contributed by atoms with E-state index in [0.29, 0.717) is 4.83 Å². The summed E-state index contributed by atoms with van der Waals surface area (Å²) in [7, 11) is 0. The topological polar surface area (TPSA) is 0 Å². The standard InChI is InChI=1S/C8H15Br/c1-3-5-6-7-8(9)4-2/h4,8H,2-3,5-7H2,1H3/i7+2. The molecule has 0 nitrogen and oxygen atoms in total. The van der Waals surface area contributed by atoms with Gasteiger partial charge in [-0.3, -0.25) is 0 Å². The lowest BCUT2D eigenvalue weighted by molar-refractivity contribution is 0.684. The second kappa shape index (κ2) is 6.34. The van der Waals surface area contributed by atoms with Gasteiger partial charge in [-0.15, -0.1) is 6.58 Å². The van der Waals surface area contributed by atoms with Crippen LogP contribution in [0.2, 0.25) is 0 Å². The highest BCUT2D eigenvalue weighted by Gasteiger charge is 1.95. The van der Waals surface area contributed by atoms with Crippen molar-refractivity contribution in [2.24, 2.45) is 0 Å². The van der Waals surface area contributed by atoms with Crippen LogP contribution >= 0.6 is 15.9 Å². The van der Waals surface area contributed by atoms with Gasteiger partial charge in [0.15, 0.2) is 0 Å². The van der Waals surface area contributed by atoms with Crippen LogP contribution in [0.25, 0.3) is 0 Å². The summed E-state index contributed by atoms with van der Waals surface area (Å²) in [5.74, 6) is 0. The van der Waals surface area contributed by atoms with Gasteiger partial charge in [-0.1, -0.05) is 48.2 Å². The summed E-state index contributed by atoms with van der Waals surface area (Å²) in [6.45, 7) is 5.91. The molecule has 0 saturated heterocycles. The van der Waals surface area contributed by atoms with Gasteiger partial charge in [0, 0.05) is 4.83 Å². The lowest BCUT2D eigenvalue weighted by Gasteiger charge is -2.00. The minimum Gasteiger partial charge on any atom is -0.102 e. The molecular weight excluding hydrogens is 178 g/mol. The molecule has 0 fully saturated rings. The Balaban J connectivity index is 2.96. The number of hydrogen-bond donors (Lipinski definition) is 0. The fraction of sp³-hybridized carbons (Fsp3) is 0.750. The first kappa shape index (κ1) is 9.22. The zero-order valence-electron chi connectivity index (χ0n) is 6.07. The summed E-state index contributed by atoms with van der Waals surface area (Å²) >= 11 is 3.49. The van der Waals surface area contributed by atoms with Crippen molar-refractivity contribution in [3.05, 3.63) is 12.7 Å². The molecule has 0 rings (SSSR count). The van der Waals surface area contributed by atoms with Crippen LogP contribution in [0.4, 0.5) is 0 Å². The zero-order chi connectivity index (χ0) is 7.11. The second-order valence-corrected chi connectivity index (χ2v) is 3.42. The summed E-state index contributed by atoms with van der Waals surface area (Å²) in [5, 5.41) is 0. The van der Waals surface area contributed by atoms with Crippen LogP contribution < -0.4 is 0 Å². The molecule has 0 heterocycles. The molecule has 0 saturated carbocycles. The molecule has 0 N–H and O–H groups in total. The summed E-state index contributed by atoms with van der Waals surface area (Å²) in [6, 6.07) is 0. The van der Waals surface area contributed by atoms with E-state index >= 15 is 0 Å². The molecule has 9 heavy (non-hydrogen) atoms. The number of halogens is 1. The van der Waals surface area contributed by atoms with Gasteiger partial charge in [-0.2, -0.15) is 0 Å². The Morgan fingerprint density at radius 2 is 2.44 bits per heavy atom. The van der Waals surface area contributed by atoms with E-state index < -0.39 is 0 Å². The number of unbranched alkanes of at least 4 members (excludes halogenated alkanes) is 2. The zero-order valence-corrected chi connectivity index (χ0v) is 7.65. The van der Waals surface area contributed by atoms with Gasteiger partial charge in [-0.05, 0) is 6.42 Å². The maximum atomic E-state index is 3.69. The number of hydrogen-bond acceptors (Lipinski definition) is 0. The van der Waals surface area contributed by atoms with Crippen molar-refractivity contribution in [2.45, 2.75) is 37.4 Å². The van der Waals surface area contributed by atoms with Crippen molar-refractivity contribution in [2.75, 3.05) is 0 Å². The molecule has 1 atom stereocenters. The van der Waals surface area contributed by atoms with E-state index in [9.17, 15) is 0 Å². The lowest BCUT2D eigenvalue weighted by Crippen LogP contribution is -1.90. The smallest absolute Gasteiger partial charge is 0.0322 e. The lowest BCUT2D eigenvalue weighted by atomic mass is 10.3. The molecule has 1 heteroatoms. The first-order valence-corrected chi connectivity index (χ1v) is 4.49. The largest absolute Gasteiger partial charge is 0.102 e. The van der Waals surface area contributed by atoms with E-state index in [1.54, 1.807) is 0 Å². The highest BCUT2D eigenvalue weighted by molar-refractivity contribution is 9.09. The molecule has 0 spiro atoms. The van der Waals surface area contributed by atoms with Crippen LogP contribution in [0.15, 0.2) is 12.7 Å². The first-order chi connectivity index (χ1) is 4.31. The summed E-state index contributed by atoms with van der Waals surface area (Å²) in [4.78, 5) is 0.532. The molecule has 1 unspecified atom stereocenters. The van der Waals surface area contributed by atoms with E-state index in [1.807, 2.05) is 6.08 Å². The minimum atomic E-state index is 0.532. The van der Waals surface area contributed by atoms with Crippen LogP contribution in [-0.2, 0) is 0 Å². The molecule has 0 aromatic carbocycles. The van der Waals surface area contributed by atoms with Crippen LogP contribution in [0.1, 0.15) is 32.6 Å². The Kier molecular flexibility index (Phi) is 6.50. The van der Waals surface area contributed by atoms with Gasteiger partial charge in [-0.25, -0.2) is 0 Å². The van der Waals surface area contributed by atoms with E-state index in [0.717, 1.165) is 0 Å². The number of rotatable bonds is 5. The molecule has 0 aliphatic rings. The Morgan fingerprint density at radius 3 is 2.89 bits per heavy atom. The SMILES string of the molecule is C=CC(Br)[14CH2]CCCC. The fourth-order valence-corrected chi connectivity index (χ4v) is 1.03. The van der Waals surface area contributed by atoms with Crippen LogP contribution in [0.3, 0.4) is 0 Å². The summed E-state index contributed by atoms with van der Waals surface area (Å²) in [6.07, 6.45) is 7.15. The normalized spacial score (nSPS) is 13.1. The Morgan fingerprint density at radius 1 is 1.78 bits per heavy atom. The summed E-state index contributed by atoms with van der Waals surface area (Å²) in [5.41, 5.74) is 0. The van der Waals surface area contributed by atoms with Crippen LogP contribution in [0, 0.1) is 0 Å². The van der Waals surface area contributed by atoms with Crippen molar-refractivity contribution in [3.8, 4) is 0 Å². The van der Waals surface area contributed by atoms with Gasteiger partial charge in [0.05, 0.1) is 0 Å². The molecule has 0 aromatic heterocycles. The van der Waals surface area contributed by atoms with Gasteiger partial charge in [0.1, 0.15) is 0 Å². The predicted octanol–water partition coefficient (Wildman–Crippen LogP) is 3.52. The van der Waals surface area contributed by atoms with Crippen LogP contribution in [-0.4, -0.2) is 4.83 Å². The van der Waals surface area contributed by atoms with Gasteiger partial charge in [0.25, 0.3) is 0 Å². The highest BCUT2D eigenvalue weighted by Crippen LogP contribution is 2.10. The number of alkyl halides is 1. The van der Waals surface area contributed by atoms with Crippen molar-refractivity contribution < 1.29 is 0 Å². The van der Waals surface area contributed by atoms with Gasteiger partial charge < -0.3 is 0 Å². The number of allylic oxidation sites excluding steroid dienone is 1. The molecule has 0 aliphatic carbocycles. The molecule has 0 amide bonds. The quantitative estimate of drug-likeness (QED) is 0.356. The second-order valence-electron chi connectivity index (χ2n) is 2.25. The third-order valence-corrected chi connectivity index (χ3v) is 2.17. The van der Waals surface area contributed by atoms with Crippen molar-refractivity contribution in [1.29, 1.82) is 0 Å². The van der Waals surface area contributed by atoms with Crippen molar-refractivity contribution in [3.63, 3.8) is 0 Å². The maximum absolute atomic E-state index is 3.69. The average Bonchev–Trinajstić information content (AvgIpc) is 1.89. The fourth-order valence-electron chi connectivity index (χ4n) is 0.707. The van der Waals surface area contributed by atoms with Gasteiger partial charge >= 0.3 is 0 Å². The van der Waals surface area contributed by atoms with Crippen molar-refractivity contribution in [1.82, 2.24) is 0 Å². The molecular formula is C8H15Br. The maximum Gasteiger partial charge on any atom is 0.0322 e. The molecule has 0 aliphatic heterocycles. The first-order valence-electron chi connectivity index (χ1n) is 3.58. The van der Waals surface area contributed by atoms with E-state index in [2.05, 4.69) is 29.4 Å². The van der Waals surface area contributed by atoms with E-state index in [-0.39, 0.29) is 0 Å². The molecule has 0 bridgehead atoms. The third-order valence-electron chi connectivity index (χ3n) is 1.34. The van der Waals surface area contributed by atoms with E-state index in [4.69, 9.17) is 0 Å². The predicted molar refractivity (Wildman–Crippen MR) is 47.1 cm³/mol. The molecule has 0 aromatic rings. The highest BCUT2D eigenvalue weighted by atomic mass is 79.9.